The molecule has 3 aliphatic rings. The van der Waals surface area contributed by atoms with Gasteiger partial charge in [0.15, 0.2) is 0 Å². The first kappa shape index (κ1) is 41.3. The number of hydrogen-bond acceptors (Lipinski definition) is 8. The van der Waals surface area contributed by atoms with Crippen molar-refractivity contribution < 1.29 is 37.4 Å². The maximum atomic E-state index is 11.8. The van der Waals surface area contributed by atoms with Crippen molar-refractivity contribution in [3.63, 3.8) is 0 Å². The number of aliphatic hydroxyl groups is 2. The first-order valence-corrected chi connectivity index (χ1v) is 20.9. The molecular weight excluding hydrogens is 646 g/mol. The van der Waals surface area contributed by atoms with E-state index in [1.165, 1.54) is 31.3 Å². The molecule has 272 valence electrons. The first-order valence-electron chi connectivity index (χ1n) is 18.7. The fourth-order valence-corrected chi connectivity index (χ4v) is 9.48. The average molecular weight is 711 g/mol. The summed E-state index contributed by atoms with van der Waals surface area (Å²) in [5.41, 5.74) is 3.50. The largest absolute Gasteiger partial charge is 0.697 e. The van der Waals surface area contributed by atoms with E-state index in [0.29, 0.717) is 62.9 Å². The third-order valence-electron chi connectivity index (χ3n) is 10.8. The van der Waals surface area contributed by atoms with Crippen molar-refractivity contribution in [1.29, 1.82) is 0 Å². The molecule has 0 spiro atoms. The Bertz CT molecular complexity index is 1090. The van der Waals surface area contributed by atoms with Gasteiger partial charge in [0, 0.05) is 15.6 Å². The van der Waals surface area contributed by atoms with Gasteiger partial charge in [-0.25, -0.2) is 0 Å². The molecule has 0 radical (unpaired) electrons. The molecule has 0 aromatic heterocycles. The predicted octanol–water partition coefficient (Wildman–Crippen LogP) is 10.5. The number of fused-ring (bicyclic) bond motifs is 1. The minimum Gasteiger partial charge on any atom is -0.393 e. The summed E-state index contributed by atoms with van der Waals surface area (Å²) in [4.78, 5) is 0. The van der Waals surface area contributed by atoms with Gasteiger partial charge >= 0.3 is 16.5 Å². The molecule has 3 unspecified atom stereocenters. The van der Waals surface area contributed by atoms with Crippen LogP contribution in [0.3, 0.4) is 0 Å². The average Bonchev–Trinajstić information content (AvgIpc) is 3.42. The summed E-state index contributed by atoms with van der Waals surface area (Å²) < 4.78 is 44.7. The van der Waals surface area contributed by atoms with Gasteiger partial charge in [-0.1, -0.05) is 77.0 Å². The second-order valence-corrected chi connectivity index (χ2v) is 16.4. The molecule has 0 amide bonds. The second kappa shape index (κ2) is 22.0. The molecule has 3 rings (SSSR count). The molecule has 10 heteroatoms. The maximum Gasteiger partial charge on any atom is 0.697 e. The summed E-state index contributed by atoms with van der Waals surface area (Å²) in [5, 5.41) is 20.5. The van der Waals surface area contributed by atoms with E-state index < -0.39 is 28.7 Å². The molecular formula is C38H64O8P2+2. The van der Waals surface area contributed by atoms with E-state index in [1.807, 2.05) is 13.8 Å². The molecule has 0 saturated heterocycles. The summed E-state index contributed by atoms with van der Waals surface area (Å²) >= 11 is 0. The summed E-state index contributed by atoms with van der Waals surface area (Å²) in [6.45, 7) is 14.7. The van der Waals surface area contributed by atoms with E-state index in [1.54, 1.807) is 0 Å². The minimum atomic E-state index is -2.03. The van der Waals surface area contributed by atoms with Crippen molar-refractivity contribution >= 4 is 16.5 Å². The fraction of sp³-hybridized carbons (Fsp3) is 0.789. The van der Waals surface area contributed by atoms with E-state index in [9.17, 15) is 19.3 Å². The third-order valence-corrected chi connectivity index (χ3v) is 12.3. The Morgan fingerprint density at radius 2 is 1.50 bits per heavy atom. The highest BCUT2D eigenvalue weighted by atomic mass is 31.1. The van der Waals surface area contributed by atoms with Crippen LogP contribution in [0.15, 0.2) is 47.6 Å². The molecule has 8 atom stereocenters. The third kappa shape index (κ3) is 13.2. The molecule has 3 saturated carbocycles. The summed E-state index contributed by atoms with van der Waals surface area (Å²) in [6, 6.07) is 0. The van der Waals surface area contributed by atoms with E-state index >= 15 is 0 Å². The van der Waals surface area contributed by atoms with E-state index in [0.717, 1.165) is 68.9 Å². The lowest BCUT2D eigenvalue weighted by Crippen LogP contribution is -2.35. The summed E-state index contributed by atoms with van der Waals surface area (Å²) in [5.74, 6) is 2.07. The number of unbranched alkanes of at least 4 members (excludes halogenated alkanes) is 2. The molecule has 0 bridgehead atoms. The second-order valence-electron chi connectivity index (χ2n) is 14.4. The lowest BCUT2D eigenvalue weighted by Gasteiger charge is -2.44. The molecule has 3 fully saturated rings. The highest BCUT2D eigenvalue weighted by Crippen LogP contribution is 2.59. The van der Waals surface area contributed by atoms with Crippen LogP contribution >= 0.6 is 16.5 Å². The van der Waals surface area contributed by atoms with Crippen LogP contribution in [0.4, 0.5) is 0 Å². The highest BCUT2D eigenvalue weighted by Gasteiger charge is 2.50. The lowest BCUT2D eigenvalue weighted by molar-refractivity contribution is 0.0862. The van der Waals surface area contributed by atoms with Crippen LogP contribution in [-0.2, 0) is 27.2 Å². The van der Waals surface area contributed by atoms with Crippen molar-refractivity contribution in [2.75, 3.05) is 26.4 Å². The van der Waals surface area contributed by atoms with Crippen molar-refractivity contribution in [1.82, 2.24) is 0 Å². The summed E-state index contributed by atoms with van der Waals surface area (Å²) in [7, 11) is -4.06. The van der Waals surface area contributed by atoms with Crippen molar-refractivity contribution in [3.05, 3.63) is 47.6 Å². The molecule has 0 aromatic rings. The van der Waals surface area contributed by atoms with Crippen LogP contribution in [0.25, 0.3) is 0 Å². The van der Waals surface area contributed by atoms with Gasteiger partial charge in [0.05, 0.1) is 12.2 Å². The number of rotatable bonds is 22. The van der Waals surface area contributed by atoms with E-state index in [2.05, 4.69) is 44.7 Å². The van der Waals surface area contributed by atoms with Gasteiger partial charge in [0.2, 0.25) is 0 Å². The normalized spacial score (nSPS) is 29.8. The lowest BCUT2D eigenvalue weighted by atomic mass is 9.61. The van der Waals surface area contributed by atoms with Gasteiger partial charge in [0.1, 0.15) is 26.4 Å². The van der Waals surface area contributed by atoms with Crippen molar-refractivity contribution in [2.45, 2.75) is 136 Å². The Hall–Kier alpha value is -1.08. The van der Waals surface area contributed by atoms with Crippen LogP contribution < -0.4 is 0 Å². The van der Waals surface area contributed by atoms with E-state index in [-0.39, 0.29) is 5.41 Å². The first-order chi connectivity index (χ1) is 23.1. The Morgan fingerprint density at radius 3 is 2.10 bits per heavy atom. The van der Waals surface area contributed by atoms with Crippen LogP contribution in [0, 0.1) is 29.1 Å². The van der Waals surface area contributed by atoms with Gasteiger partial charge in [-0.05, 0) is 117 Å². The van der Waals surface area contributed by atoms with Gasteiger partial charge in [0.25, 0.3) is 0 Å². The van der Waals surface area contributed by atoms with Gasteiger partial charge in [-0.2, -0.15) is 0 Å². The van der Waals surface area contributed by atoms with E-state index in [4.69, 9.17) is 18.1 Å². The number of aliphatic hydroxyl groups excluding tert-OH is 2. The molecule has 3 aliphatic carbocycles. The standard InChI is InChI=1S/C38H64O8P2/c1-6-23-43-47(41)45-25-10-8-13-31(14-9-11-26-46-48(42)44-24-7-2)17-16-29(3)35-20-21-36-32(15-12-22-38(35,36)5)18-19-33-27-34(39)28-37(40)30(33)4/h16-19,29,31,34-37,39-40H,4,6-15,20-28H2,1-3,5H3/q+2/t29-,34-,35-,36?,37+,38-/m1/s1. The quantitative estimate of drug-likeness (QED) is 0.0649. The molecule has 2 N–H and O–H groups in total. The van der Waals surface area contributed by atoms with Crippen molar-refractivity contribution in [3.8, 4) is 0 Å². The predicted molar refractivity (Wildman–Crippen MR) is 194 cm³/mol. The monoisotopic (exact) mass is 710 g/mol. The Balaban J connectivity index is 1.59. The summed E-state index contributed by atoms with van der Waals surface area (Å²) in [6.07, 6.45) is 22.4. The zero-order chi connectivity index (χ0) is 34.9. The molecule has 0 aromatic carbocycles. The van der Waals surface area contributed by atoms with Crippen LogP contribution in [-0.4, -0.2) is 48.8 Å². The molecule has 48 heavy (non-hydrogen) atoms. The van der Waals surface area contributed by atoms with Crippen molar-refractivity contribution in [2.24, 2.45) is 29.1 Å². The zero-order valence-corrected chi connectivity index (χ0v) is 31.9. The van der Waals surface area contributed by atoms with Gasteiger partial charge in [-0.15, -0.1) is 18.1 Å². The van der Waals surface area contributed by atoms with Crippen LogP contribution in [0.1, 0.15) is 124 Å². The van der Waals surface area contributed by atoms with Gasteiger partial charge < -0.3 is 10.2 Å². The maximum absolute atomic E-state index is 11.8. The van der Waals surface area contributed by atoms with Crippen LogP contribution in [0.5, 0.6) is 0 Å². The Morgan fingerprint density at radius 1 is 0.896 bits per heavy atom. The van der Waals surface area contributed by atoms with Crippen LogP contribution in [0.2, 0.25) is 0 Å². The number of hydrogen-bond donors (Lipinski definition) is 2. The molecule has 8 nitrogen and oxygen atoms in total. The fourth-order valence-electron chi connectivity index (χ4n) is 8.11. The Labute approximate surface area is 292 Å². The molecule has 0 heterocycles. The SMILES string of the molecule is C=C1C(=CC=C2CCC[C@@]3(C)C2CC[C@@H]3[C@H](C)C=CC(CCCCO[P+](=O)OCCC)CCCCO[P+](=O)OCCC)C[C@@H](O)C[C@@H]1O. The minimum absolute atomic E-state index is 0.256. The highest BCUT2D eigenvalue weighted by molar-refractivity contribution is 7.33. The smallest absolute Gasteiger partial charge is 0.393 e. The molecule has 0 aliphatic heterocycles. The topological polar surface area (TPSA) is 112 Å². The Kier molecular flexibility index (Phi) is 18.9. The zero-order valence-electron chi connectivity index (χ0n) is 30.2. The number of allylic oxidation sites excluding steroid dienone is 5. The van der Waals surface area contributed by atoms with Gasteiger partial charge in [-0.3, -0.25) is 0 Å².